The fraction of sp³-hybridized carbons (Fsp3) is 0.294. The van der Waals surface area contributed by atoms with Gasteiger partial charge in [-0.05, 0) is 36.2 Å². The largest absolute Gasteiger partial charge is 0.481 e. The average molecular weight is 283 g/mol. The van der Waals surface area contributed by atoms with E-state index in [1.165, 1.54) is 0 Å². The molecule has 0 aliphatic carbocycles. The van der Waals surface area contributed by atoms with Crippen LogP contribution in [-0.4, -0.2) is 34.5 Å². The third kappa shape index (κ3) is 2.37. The second-order valence-electron chi connectivity index (χ2n) is 5.53. The fourth-order valence-electron chi connectivity index (χ4n) is 3.04. The zero-order valence-corrected chi connectivity index (χ0v) is 11.8. The van der Waals surface area contributed by atoms with E-state index < -0.39 is 11.9 Å². The molecule has 21 heavy (non-hydrogen) atoms. The lowest BCUT2D eigenvalue weighted by atomic mass is 10.0. The molecule has 1 fully saturated rings. The van der Waals surface area contributed by atoms with Gasteiger partial charge in [0, 0.05) is 18.2 Å². The fourth-order valence-corrected chi connectivity index (χ4v) is 3.04. The number of benzene rings is 2. The Balaban J connectivity index is 1.89. The number of carbonyl (C=O) groups excluding carboxylic acids is 1. The van der Waals surface area contributed by atoms with Crippen molar-refractivity contribution < 1.29 is 14.7 Å². The first-order valence-corrected chi connectivity index (χ1v) is 7.10. The maximum absolute atomic E-state index is 12.6. The van der Waals surface area contributed by atoms with Gasteiger partial charge in [0.25, 0.3) is 5.91 Å². The van der Waals surface area contributed by atoms with Gasteiger partial charge in [0.1, 0.15) is 0 Å². The number of likely N-dealkylation sites (tertiary alicyclic amines) is 1. The molecule has 1 saturated heterocycles. The van der Waals surface area contributed by atoms with Crippen LogP contribution < -0.4 is 0 Å². The highest BCUT2D eigenvalue weighted by atomic mass is 16.4. The van der Waals surface area contributed by atoms with E-state index >= 15 is 0 Å². The van der Waals surface area contributed by atoms with Crippen molar-refractivity contribution in [3.63, 3.8) is 0 Å². The molecule has 2 unspecified atom stereocenters. The molecule has 1 N–H and O–H groups in total. The van der Waals surface area contributed by atoms with Crippen LogP contribution in [0, 0.1) is 5.92 Å². The Kier molecular flexibility index (Phi) is 3.37. The molecule has 4 nitrogen and oxygen atoms in total. The third-order valence-corrected chi connectivity index (χ3v) is 4.33. The van der Waals surface area contributed by atoms with Crippen LogP contribution in [0.1, 0.15) is 23.7 Å². The van der Waals surface area contributed by atoms with Crippen LogP contribution in [0.4, 0.5) is 0 Å². The summed E-state index contributed by atoms with van der Waals surface area (Å²) in [6.07, 6.45) is 0.524. The summed E-state index contributed by atoms with van der Waals surface area (Å²) in [6, 6.07) is 13.2. The number of aliphatic carboxylic acids is 1. The van der Waals surface area contributed by atoms with E-state index in [0.29, 0.717) is 18.5 Å². The first-order valence-electron chi connectivity index (χ1n) is 7.10. The second kappa shape index (κ2) is 5.20. The Morgan fingerprint density at radius 1 is 1.14 bits per heavy atom. The normalized spacial score (nSPS) is 21.7. The Labute approximate surface area is 123 Å². The molecule has 0 saturated carbocycles. The average Bonchev–Trinajstić information content (AvgIpc) is 2.88. The summed E-state index contributed by atoms with van der Waals surface area (Å²) < 4.78 is 0. The summed E-state index contributed by atoms with van der Waals surface area (Å²) >= 11 is 0. The molecule has 2 atom stereocenters. The van der Waals surface area contributed by atoms with E-state index in [1.54, 1.807) is 4.90 Å². The lowest BCUT2D eigenvalue weighted by molar-refractivity contribution is -0.142. The molecular weight excluding hydrogens is 266 g/mol. The number of carboxylic acids is 1. The Morgan fingerprint density at radius 3 is 2.52 bits per heavy atom. The van der Waals surface area contributed by atoms with Crippen LogP contribution in [0.25, 0.3) is 10.8 Å². The molecule has 0 bridgehead atoms. The van der Waals surface area contributed by atoms with Crippen LogP contribution in [-0.2, 0) is 4.79 Å². The van der Waals surface area contributed by atoms with Gasteiger partial charge in [0.05, 0.1) is 5.92 Å². The molecule has 1 aliphatic rings. The van der Waals surface area contributed by atoms with Gasteiger partial charge in [0.2, 0.25) is 0 Å². The van der Waals surface area contributed by atoms with Crippen molar-refractivity contribution in [3.05, 3.63) is 48.0 Å². The summed E-state index contributed by atoms with van der Waals surface area (Å²) in [6.45, 7) is 2.31. The van der Waals surface area contributed by atoms with Crippen LogP contribution in [0.5, 0.6) is 0 Å². The van der Waals surface area contributed by atoms with E-state index in [9.17, 15) is 9.59 Å². The maximum atomic E-state index is 12.6. The van der Waals surface area contributed by atoms with Gasteiger partial charge in [-0.25, -0.2) is 0 Å². The van der Waals surface area contributed by atoms with Gasteiger partial charge < -0.3 is 10.0 Å². The van der Waals surface area contributed by atoms with Gasteiger partial charge in [-0.15, -0.1) is 0 Å². The zero-order chi connectivity index (χ0) is 15.0. The molecule has 1 heterocycles. The van der Waals surface area contributed by atoms with Gasteiger partial charge in [-0.3, -0.25) is 9.59 Å². The molecule has 108 valence electrons. The van der Waals surface area contributed by atoms with Crippen molar-refractivity contribution in [1.82, 2.24) is 4.90 Å². The van der Waals surface area contributed by atoms with Crippen LogP contribution in [0.2, 0.25) is 0 Å². The Morgan fingerprint density at radius 2 is 1.86 bits per heavy atom. The molecule has 3 rings (SSSR count). The summed E-state index contributed by atoms with van der Waals surface area (Å²) in [7, 11) is 0. The summed E-state index contributed by atoms with van der Waals surface area (Å²) in [5.74, 6) is -1.37. The first-order chi connectivity index (χ1) is 10.1. The SMILES string of the molecule is CC1C(C(=O)O)CCN1C(=O)c1ccc2ccccc2c1. The number of hydrogen-bond acceptors (Lipinski definition) is 2. The highest BCUT2D eigenvalue weighted by Crippen LogP contribution is 2.27. The van der Waals surface area contributed by atoms with Gasteiger partial charge in [0.15, 0.2) is 0 Å². The first kappa shape index (κ1) is 13.6. The van der Waals surface area contributed by atoms with Crippen LogP contribution in [0.3, 0.4) is 0 Å². The molecule has 4 heteroatoms. The number of amides is 1. The summed E-state index contributed by atoms with van der Waals surface area (Å²) in [5.41, 5.74) is 0.617. The smallest absolute Gasteiger partial charge is 0.308 e. The van der Waals surface area contributed by atoms with E-state index in [2.05, 4.69) is 0 Å². The number of rotatable bonds is 2. The van der Waals surface area contributed by atoms with E-state index in [-0.39, 0.29) is 11.9 Å². The van der Waals surface area contributed by atoms with Gasteiger partial charge in [-0.2, -0.15) is 0 Å². The van der Waals surface area contributed by atoms with Gasteiger partial charge >= 0.3 is 5.97 Å². The highest BCUT2D eigenvalue weighted by Gasteiger charge is 2.38. The van der Waals surface area contributed by atoms with Gasteiger partial charge in [-0.1, -0.05) is 30.3 Å². The van der Waals surface area contributed by atoms with E-state index in [1.807, 2.05) is 49.4 Å². The second-order valence-corrected chi connectivity index (χ2v) is 5.53. The monoisotopic (exact) mass is 283 g/mol. The molecular formula is C17H17NO3. The summed E-state index contributed by atoms with van der Waals surface area (Å²) in [5, 5.41) is 11.3. The van der Waals surface area contributed by atoms with Crippen LogP contribution >= 0.6 is 0 Å². The zero-order valence-electron chi connectivity index (χ0n) is 11.8. The molecule has 0 spiro atoms. The number of fused-ring (bicyclic) bond motifs is 1. The van der Waals surface area contributed by atoms with E-state index in [0.717, 1.165) is 10.8 Å². The molecule has 2 aromatic carbocycles. The van der Waals surface area contributed by atoms with Crippen molar-refractivity contribution in [2.24, 2.45) is 5.92 Å². The number of carbonyl (C=O) groups is 2. The predicted molar refractivity (Wildman–Crippen MR) is 80.2 cm³/mol. The van der Waals surface area contributed by atoms with Crippen LogP contribution in [0.15, 0.2) is 42.5 Å². The van der Waals surface area contributed by atoms with Crippen molar-refractivity contribution in [1.29, 1.82) is 0 Å². The lowest BCUT2D eigenvalue weighted by Gasteiger charge is -2.23. The van der Waals surface area contributed by atoms with Crippen molar-refractivity contribution >= 4 is 22.6 Å². The van der Waals surface area contributed by atoms with Crippen molar-refractivity contribution in [2.45, 2.75) is 19.4 Å². The highest BCUT2D eigenvalue weighted by molar-refractivity contribution is 5.99. The topological polar surface area (TPSA) is 57.6 Å². The minimum atomic E-state index is -0.823. The van der Waals surface area contributed by atoms with Crippen molar-refractivity contribution in [3.8, 4) is 0 Å². The standard InChI is InChI=1S/C17H17NO3/c1-11-15(17(20)21)8-9-18(11)16(19)14-7-6-12-4-2-3-5-13(12)10-14/h2-7,10-11,15H,8-9H2,1H3,(H,20,21). The van der Waals surface area contributed by atoms with Crippen molar-refractivity contribution in [2.75, 3.05) is 6.54 Å². The maximum Gasteiger partial charge on any atom is 0.308 e. The minimum absolute atomic E-state index is 0.0861. The minimum Gasteiger partial charge on any atom is -0.481 e. The Hall–Kier alpha value is -2.36. The predicted octanol–water partition coefficient (Wildman–Crippen LogP) is 2.78. The molecule has 1 aliphatic heterocycles. The quantitative estimate of drug-likeness (QED) is 0.922. The number of carboxylic acid groups (broad SMARTS) is 1. The molecule has 1 amide bonds. The molecule has 0 radical (unpaired) electrons. The third-order valence-electron chi connectivity index (χ3n) is 4.33. The molecule has 0 aromatic heterocycles. The number of nitrogens with zero attached hydrogens (tertiary/aromatic N) is 1. The molecule has 2 aromatic rings. The number of hydrogen-bond donors (Lipinski definition) is 1. The van der Waals surface area contributed by atoms with E-state index in [4.69, 9.17) is 5.11 Å². The summed E-state index contributed by atoms with van der Waals surface area (Å²) in [4.78, 5) is 25.4. The lowest BCUT2D eigenvalue weighted by Crippen LogP contribution is -2.37. The Bertz CT molecular complexity index is 710.